The summed E-state index contributed by atoms with van der Waals surface area (Å²) in [7, 11) is 1.73. The number of halogens is 1. The lowest BCUT2D eigenvalue weighted by Crippen LogP contribution is -2.29. The van der Waals surface area contributed by atoms with Crippen LogP contribution in [-0.2, 0) is 4.74 Å². The number of aromatic amines is 1. The lowest BCUT2D eigenvalue weighted by atomic mass is 9.93. The summed E-state index contributed by atoms with van der Waals surface area (Å²) in [6, 6.07) is 0.249. The zero-order valence-corrected chi connectivity index (χ0v) is 11.7. The van der Waals surface area contributed by atoms with E-state index in [0.29, 0.717) is 12.1 Å². The van der Waals surface area contributed by atoms with Crippen LogP contribution in [0.2, 0.25) is 0 Å². The maximum Gasteiger partial charge on any atom is 0.259 e. The molecular formula is C14H17FN4O2. The van der Waals surface area contributed by atoms with Crippen LogP contribution in [0, 0.1) is 5.82 Å². The summed E-state index contributed by atoms with van der Waals surface area (Å²) in [6.45, 7) is 0. The fraction of sp³-hybridized carbons (Fsp3) is 0.500. The van der Waals surface area contributed by atoms with Crippen LogP contribution >= 0.6 is 0 Å². The third kappa shape index (κ3) is 2.87. The number of hydrogen-bond acceptors (Lipinski definition) is 5. The van der Waals surface area contributed by atoms with Gasteiger partial charge in [0.15, 0.2) is 5.82 Å². The van der Waals surface area contributed by atoms with E-state index in [2.05, 4.69) is 20.3 Å². The first-order valence-corrected chi connectivity index (χ1v) is 7.00. The Bertz CT molecular complexity index is 695. The number of hydrogen-bond donors (Lipinski definition) is 2. The van der Waals surface area contributed by atoms with Gasteiger partial charge in [0, 0.05) is 25.5 Å². The van der Waals surface area contributed by atoms with Crippen molar-refractivity contribution in [3.63, 3.8) is 0 Å². The first-order valence-electron chi connectivity index (χ1n) is 7.00. The summed E-state index contributed by atoms with van der Waals surface area (Å²) in [6.07, 6.45) is 6.57. The van der Waals surface area contributed by atoms with Crippen molar-refractivity contribution in [2.45, 2.75) is 37.8 Å². The highest BCUT2D eigenvalue weighted by Crippen LogP contribution is 2.23. The molecule has 2 aromatic heterocycles. The lowest BCUT2D eigenvalue weighted by molar-refractivity contribution is 0.0681. The average Bonchev–Trinajstić information content (AvgIpc) is 2.52. The second-order valence-electron chi connectivity index (χ2n) is 5.28. The zero-order chi connectivity index (χ0) is 14.8. The van der Waals surface area contributed by atoms with Gasteiger partial charge in [0.25, 0.3) is 5.56 Å². The molecule has 7 heteroatoms. The van der Waals surface area contributed by atoms with Crippen LogP contribution in [0.4, 0.5) is 10.3 Å². The smallest absolute Gasteiger partial charge is 0.259 e. The maximum atomic E-state index is 13.7. The van der Waals surface area contributed by atoms with E-state index >= 15 is 0 Å². The predicted molar refractivity (Wildman–Crippen MR) is 76.8 cm³/mol. The molecule has 1 aliphatic rings. The molecule has 6 nitrogen and oxygen atoms in total. The van der Waals surface area contributed by atoms with Gasteiger partial charge in [-0.05, 0) is 25.7 Å². The molecule has 2 heterocycles. The largest absolute Gasteiger partial charge is 0.381 e. The number of anilines is 1. The number of methoxy groups -OCH3 is 1. The Morgan fingerprint density at radius 3 is 2.86 bits per heavy atom. The Balaban J connectivity index is 1.79. The molecule has 2 N–H and O–H groups in total. The average molecular weight is 292 g/mol. The van der Waals surface area contributed by atoms with Crippen LogP contribution in [0.3, 0.4) is 0 Å². The number of fused-ring (bicyclic) bond motifs is 1. The van der Waals surface area contributed by atoms with Gasteiger partial charge in [0.2, 0.25) is 5.95 Å². The Morgan fingerprint density at radius 1 is 1.38 bits per heavy atom. The van der Waals surface area contributed by atoms with E-state index in [1.54, 1.807) is 7.11 Å². The Morgan fingerprint density at radius 2 is 2.14 bits per heavy atom. The van der Waals surface area contributed by atoms with Gasteiger partial charge in [-0.2, -0.15) is 0 Å². The van der Waals surface area contributed by atoms with Gasteiger partial charge in [-0.15, -0.1) is 0 Å². The third-order valence-electron chi connectivity index (χ3n) is 3.93. The SMILES string of the molecule is CO[C@H]1CC[C@H](Nc2ncc3c(=O)[nH]cc(F)c3n2)CC1. The molecule has 1 fully saturated rings. The molecule has 0 unspecified atom stereocenters. The van der Waals surface area contributed by atoms with Crippen molar-refractivity contribution in [2.24, 2.45) is 0 Å². The molecule has 0 amide bonds. The van der Waals surface area contributed by atoms with Gasteiger partial charge in [0.05, 0.1) is 11.5 Å². The summed E-state index contributed by atoms with van der Waals surface area (Å²) in [5.41, 5.74) is -0.347. The van der Waals surface area contributed by atoms with E-state index < -0.39 is 11.4 Å². The van der Waals surface area contributed by atoms with Crippen molar-refractivity contribution in [1.82, 2.24) is 15.0 Å². The van der Waals surface area contributed by atoms with Crippen molar-refractivity contribution in [2.75, 3.05) is 12.4 Å². The minimum absolute atomic E-state index is 0.0434. The molecule has 1 aliphatic carbocycles. The van der Waals surface area contributed by atoms with Crippen molar-refractivity contribution < 1.29 is 9.13 Å². The van der Waals surface area contributed by atoms with Gasteiger partial charge in [-0.3, -0.25) is 4.79 Å². The van der Waals surface area contributed by atoms with Crippen LogP contribution in [-0.4, -0.2) is 34.2 Å². The Kier molecular flexibility index (Phi) is 3.83. The normalized spacial score (nSPS) is 22.4. The molecule has 0 radical (unpaired) electrons. The molecule has 1 saturated carbocycles. The number of H-pyrrole nitrogens is 1. The highest BCUT2D eigenvalue weighted by Gasteiger charge is 2.21. The van der Waals surface area contributed by atoms with Crippen molar-refractivity contribution in [1.29, 1.82) is 0 Å². The van der Waals surface area contributed by atoms with E-state index in [9.17, 15) is 9.18 Å². The number of nitrogens with zero attached hydrogens (tertiary/aromatic N) is 2. The van der Waals surface area contributed by atoms with E-state index in [4.69, 9.17) is 4.74 Å². The van der Waals surface area contributed by atoms with Gasteiger partial charge in [0.1, 0.15) is 5.52 Å². The van der Waals surface area contributed by atoms with Crippen LogP contribution in [0.15, 0.2) is 17.2 Å². The van der Waals surface area contributed by atoms with E-state index in [1.807, 2.05) is 0 Å². The summed E-state index contributed by atoms with van der Waals surface area (Å²) < 4.78 is 19.0. The summed E-state index contributed by atoms with van der Waals surface area (Å²) in [4.78, 5) is 22.1. The van der Waals surface area contributed by atoms with Crippen LogP contribution in [0.1, 0.15) is 25.7 Å². The van der Waals surface area contributed by atoms with E-state index in [1.165, 1.54) is 6.20 Å². The quantitative estimate of drug-likeness (QED) is 0.902. The third-order valence-corrected chi connectivity index (χ3v) is 3.93. The van der Waals surface area contributed by atoms with Crippen LogP contribution in [0.5, 0.6) is 0 Å². The first kappa shape index (κ1) is 13.9. The minimum atomic E-state index is -0.557. The fourth-order valence-corrected chi connectivity index (χ4v) is 2.70. The molecule has 21 heavy (non-hydrogen) atoms. The molecule has 0 aliphatic heterocycles. The number of pyridine rings is 1. The van der Waals surface area contributed by atoms with E-state index in [0.717, 1.165) is 31.9 Å². The molecule has 0 aromatic carbocycles. The zero-order valence-electron chi connectivity index (χ0n) is 11.7. The second-order valence-corrected chi connectivity index (χ2v) is 5.28. The number of aromatic nitrogens is 3. The predicted octanol–water partition coefficient (Wildman–Crippen LogP) is 1.83. The summed E-state index contributed by atoms with van der Waals surface area (Å²) >= 11 is 0. The summed E-state index contributed by atoms with van der Waals surface area (Å²) in [5, 5.41) is 3.36. The molecule has 0 spiro atoms. The molecule has 3 rings (SSSR count). The monoisotopic (exact) mass is 292 g/mol. The van der Waals surface area contributed by atoms with Gasteiger partial charge < -0.3 is 15.0 Å². The fourth-order valence-electron chi connectivity index (χ4n) is 2.70. The van der Waals surface area contributed by atoms with Crippen molar-refractivity contribution in [3.05, 3.63) is 28.6 Å². The topological polar surface area (TPSA) is 79.9 Å². The molecule has 2 aromatic rings. The van der Waals surface area contributed by atoms with Crippen molar-refractivity contribution >= 4 is 16.9 Å². The number of ether oxygens (including phenoxy) is 1. The Hall–Kier alpha value is -2.02. The van der Waals surface area contributed by atoms with E-state index in [-0.39, 0.29) is 16.9 Å². The van der Waals surface area contributed by atoms with Crippen molar-refractivity contribution in [3.8, 4) is 0 Å². The first-order chi connectivity index (χ1) is 10.2. The highest BCUT2D eigenvalue weighted by atomic mass is 19.1. The molecule has 0 saturated heterocycles. The lowest BCUT2D eigenvalue weighted by Gasteiger charge is -2.28. The van der Waals surface area contributed by atoms with Gasteiger partial charge >= 0.3 is 0 Å². The standard InChI is InChI=1S/C14H17FN4O2/c1-21-9-4-2-8(3-5-9)18-14-17-6-10-12(19-14)11(15)7-16-13(10)20/h6-9H,2-5H2,1H3,(H,16,20)(H,17,18,19)/t8-,9-. The number of nitrogens with one attached hydrogen (secondary N) is 2. The van der Waals surface area contributed by atoms with Gasteiger partial charge in [-0.1, -0.05) is 0 Å². The maximum absolute atomic E-state index is 13.7. The number of rotatable bonds is 3. The highest BCUT2D eigenvalue weighted by molar-refractivity contribution is 5.77. The molecular weight excluding hydrogens is 275 g/mol. The molecule has 0 atom stereocenters. The second kappa shape index (κ2) is 5.77. The van der Waals surface area contributed by atoms with Crippen LogP contribution < -0.4 is 10.9 Å². The molecule has 0 bridgehead atoms. The Labute approximate surface area is 120 Å². The molecule has 112 valence electrons. The minimum Gasteiger partial charge on any atom is -0.381 e. The summed E-state index contributed by atoms with van der Waals surface area (Å²) in [5.74, 6) is -0.203. The van der Waals surface area contributed by atoms with Crippen LogP contribution in [0.25, 0.3) is 10.9 Å². The van der Waals surface area contributed by atoms with Gasteiger partial charge in [-0.25, -0.2) is 14.4 Å².